The highest BCUT2D eigenvalue weighted by molar-refractivity contribution is 7.98. The highest BCUT2D eigenvalue weighted by Crippen LogP contribution is 2.12. The van der Waals surface area contributed by atoms with Gasteiger partial charge in [0.15, 0.2) is 0 Å². The van der Waals surface area contributed by atoms with Gasteiger partial charge in [-0.25, -0.2) is 0 Å². The largest absolute Gasteiger partial charge is 0.316 e. The molecule has 0 bridgehead atoms. The Balaban J connectivity index is 1.88. The van der Waals surface area contributed by atoms with E-state index in [9.17, 15) is 0 Å². The van der Waals surface area contributed by atoms with Gasteiger partial charge in [-0.3, -0.25) is 0 Å². The normalized spacial score (nSPS) is 24.0. The Morgan fingerprint density at radius 3 is 3.00 bits per heavy atom. The molecular formula is C10H22N2S. The molecular weight excluding hydrogens is 180 g/mol. The summed E-state index contributed by atoms with van der Waals surface area (Å²) in [5.74, 6) is 2.19. The lowest BCUT2D eigenvalue weighted by atomic mass is 10.1. The van der Waals surface area contributed by atoms with Gasteiger partial charge in [-0.15, -0.1) is 0 Å². The molecule has 0 amide bonds. The van der Waals surface area contributed by atoms with Gasteiger partial charge in [-0.05, 0) is 57.5 Å². The third kappa shape index (κ3) is 4.89. The SMILES string of the molecule is CSCCCNCC1CCN(C)C1. The maximum atomic E-state index is 3.54. The van der Waals surface area contributed by atoms with E-state index in [0.717, 1.165) is 5.92 Å². The van der Waals surface area contributed by atoms with Crippen LogP contribution >= 0.6 is 11.8 Å². The molecule has 1 atom stereocenters. The van der Waals surface area contributed by atoms with Gasteiger partial charge in [0.2, 0.25) is 0 Å². The molecule has 13 heavy (non-hydrogen) atoms. The Morgan fingerprint density at radius 2 is 2.38 bits per heavy atom. The van der Waals surface area contributed by atoms with Crippen molar-refractivity contribution in [1.82, 2.24) is 10.2 Å². The number of rotatable bonds is 6. The Labute approximate surface area is 86.5 Å². The Hall–Kier alpha value is 0.270. The first-order chi connectivity index (χ1) is 6.33. The predicted molar refractivity (Wildman–Crippen MR) is 61.5 cm³/mol. The summed E-state index contributed by atoms with van der Waals surface area (Å²) in [4.78, 5) is 2.42. The molecule has 2 nitrogen and oxygen atoms in total. The van der Waals surface area contributed by atoms with Crippen LogP contribution in [-0.2, 0) is 0 Å². The van der Waals surface area contributed by atoms with Crippen molar-refractivity contribution in [2.24, 2.45) is 5.92 Å². The van der Waals surface area contributed by atoms with E-state index >= 15 is 0 Å². The van der Waals surface area contributed by atoms with Crippen LogP contribution in [0.4, 0.5) is 0 Å². The summed E-state index contributed by atoms with van der Waals surface area (Å²) in [6.45, 7) is 4.99. The molecule has 0 aromatic heterocycles. The van der Waals surface area contributed by atoms with Crippen molar-refractivity contribution >= 4 is 11.8 Å². The molecule has 3 heteroatoms. The van der Waals surface area contributed by atoms with E-state index < -0.39 is 0 Å². The zero-order valence-corrected chi connectivity index (χ0v) is 9.70. The Morgan fingerprint density at radius 1 is 1.54 bits per heavy atom. The van der Waals surface area contributed by atoms with Crippen LogP contribution < -0.4 is 5.32 Å². The minimum atomic E-state index is 0.902. The lowest BCUT2D eigenvalue weighted by Crippen LogP contribution is -2.26. The predicted octanol–water partition coefficient (Wildman–Crippen LogP) is 1.28. The quantitative estimate of drug-likeness (QED) is 0.653. The summed E-state index contributed by atoms with van der Waals surface area (Å²) in [6.07, 6.45) is 4.86. The third-order valence-electron chi connectivity index (χ3n) is 2.62. The highest BCUT2D eigenvalue weighted by atomic mass is 32.2. The van der Waals surface area contributed by atoms with Gasteiger partial charge < -0.3 is 10.2 Å². The van der Waals surface area contributed by atoms with Crippen LogP contribution in [0.2, 0.25) is 0 Å². The van der Waals surface area contributed by atoms with Crippen LogP contribution in [0, 0.1) is 5.92 Å². The van der Waals surface area contributed by atoms with Crippen LogP contribution in [0.5, 0.6) is 0 Å². The minimum Gasteiger partial charge on any atom is -0.316 e. The Kier molecular flexibility index (Phi) is 5.83. The van der Waals surface area contributed by atoms with Crippen molar-refractivity contribution in [3.8, 4) is 0 Å². The molecule has 0 aromatic carbocycles. The number of nitrogens with one attached hydrogen (secondary N) is 1. The first-order valence-corrected chi connectivity index (χ1v) is 6.60. The molecule has 1 fully saturated rings. The molecule has 0 radical (unpaired) electrons. The van der Waals surface area contributed by atoms with Gasteiger partial charge in [0.25, 0.3) is 0 Å². The first-order valence-electron chi connectivity index (χ1n) is 5.21. The van der Waals surface area contributed by atoms with Crippen molar-refractivity contribution in [2.45, 2.75) is 12.8 Å². The molecule has 1 unspecified atom stereocenters. The third-order valence-corrected chi connectivity index (χ3v) is 3.32. The fourth-order valence-electron chi connectivity index (χ4n) is 1.84. The molecule has 1 aliphatic heterocycles. The molecule has 1 saturated heterocycles. The second-order valence-corrected chi connectivity index (χ2v) is 4.95. The first kappa shape index (κ1) is 11.3. The van der Waals surface area contributed by atoms with Crippen molar-refractivity contribution in [3.63, 3.8) is 0 Å². The van der Waals surface area contributed by atoms with E-state index in [1.807, 2.05) is 11.8 Å². The van der Waals surface area contributed by atoms with Gasteiger partial charge in [0, 0.05) is 6.54 Å². The smallest absolute Gasteiger partial charge is 0.00192 e. The maximum absolute atomic E-state index is 3.54. The van der Waals surface area contributed by atoms with Crippen molar-refractivity contribution in [2.75, 3.05) is 45.2 Å². The van der Waals surface area contributed by atoms with Crippen LogP contribution in [0.25, 0.3) is 0 Å². The van der Waals surface area contributed by atoms with Gasteiger partial charge >= 0.3 is 0 Å². The second-order valence-electron chi connectivity index (χ2n) is 3.97. The number of hydrogen-bond donors (Lipinski definition) is 1. The highest BCUT2D eigenvalue weighted by Gasteiger charge is 2.18. The van der Waals surface area contributed by atoms with Gasteiger partial charge in [0.1, 0.15) is 0 Å². The van der Waals surface area contributed by atoms with Crippen LogP contribution in [0.15, 0.2) is 0 Å². The number of hydrogen-bond acceptors (Lipinski definition) is 3. The average Bonchev–Trinajstić information content (AvgIpc) is 2.51. The number of nitrogens with zero attached hydrogens (tertiary/aromatic N) is 1. The van der Waals surface area contributed by atoms with Gasteiger partial charge in [-0.1, -0.05) is 0 Å². The van der Waals surface area contributed by atoms with E-state index in [0.29, 0.717) is 0 Å². The summed E-state index contributed by atoms with van der Waals surface area (Å²) in [5.41, 5.74) is 0. The van der Waals surface area contributed by atoms with Crippen LogP contribution in [0.3, 0.4) is 0 Å². The summed E-state index contributed by atoms with van der Waals surface area (Å²) in [5, 5.41) is 3.54. The number of likely N-dealkylation sites (tertiary alicyclic amines) is 1. The summed E-state index contributed by atoms with van der Waals surface area (Å²) in [7, 11) is 2.22. The molecule has 0 saturated carbocycles. The molecule has 78 valence electrons. The summed E-state index contributed by atoms with van der Waals surface area (Å²) in [6, 6.07) is 0. The molecule has 1 rings (SSSR count). The summed E-state index contributed by atoms with van der Waals surface area (Å²) >= 11 is 1.94. The van der Waals surface area contributed by atoms with Crippen molar-refractivity contribution in [1.29, 1.82) is 0 Å². The average molecular weight is 202 g/mol. The summed E-state index contributed by atoms with van der Waals surface area (Å²) < 4.78 is 0. The van der Waals surface area contributed by atoms with Gasteiger partial charge in [0.05, 0.1) is 0 Å². The molecule has 1 aliphatic rings. The number of thioether (sulfide) groups is 1. The van der Waals surface area contributed by atoms with E-state index in [-0.39, 0.29) is 0 Å². The zero-order valence-electron chi connectivity index (χ0n) is 8.88. The zero-order chi connectivity index (χ0) is 9.52. The minimum absolute atomic E-state index is 0.902. The molecule has 0 spiro atoms. The van der Waals surface area contributed by atoms with Gasteiger partial charge in [-0.2, -0.15) is 11.8 Å². The molecule has 0 aliphatic carbocycles. The molecule has 1 heterocycles. The van der Waals surface area contributed by atoms with Crippen LogP contribution in [-0.4, -0.2) is 50.1 Å². The van der Waals surface area contributed by atoms with Crippen LogP contribution in [0.1, 0.15) is 12.8 Å². The standard InChI is InChI=1S/C10H22N2S/c1-12-6-4-10(9-12)8-11-5-3-7-13-2/h10-11H,3-9H2,1-2H3. The van der Waals surface area contributed by atoms with E-state index in [1.54, 1.807) is 0 Å². The fourth-order valence-corrected chi connectivity index (χ4v) is 2.27. The Bertz CT molecular complexity index is 130. The van der Waals surface area contributed by atoms with E-state index in [1.165, 1.54) is 44.8 Å². The topological polar surface area (TPSA) is 15.3 Å². The van der Waals surface area contributed by atoms with E-state index in [4.69, 9.17) is 0 Å². The van der Waals surface area contributed by atoms with Crippen molar-refractivity contribution < 1.29 is 0 Å². The lowest BCUT2D eigenvalue weighted by Gasteiger charge is -2.11. The fraction of sp³-hybridized carbons (Fsp3) is 1.00. The molecule has 0 aromatic rings. The van der Waals surface area contributed by atoms with E-state index in [2.05, 4.69) is 23.5 Å². The monoisotopic (exact) mass is 202 g/mol. The second kappa shape index (κ2) is 6.68. The van der Waals surface area contributed by atoms with Crippen molar-refractivity contribution in [3.05, 3.63) is 0 Å². The molecule has 1 N–H and O–H groups in total. The maximum Gasteiger partial charge on any atom is 0.00192 e. The lowest BCUT2D eigenvalue weighted by molar-refractivity contribution is 0.388.